The van der Waals surface area contributed by atoms with Gasteiger partial charge in [0.25, 0.3) is 0 Å². The first-order valence-corrected chi connectivity index (χ1v) is 8.88. The van der Waals surface area contributed by atoms with Gasteiger partial charge in [-0.25, -0.2) is 4.79 Å². The van der Waals surface area contributed by atoms with Gasteiger partial charge in [-0.3, -0.25) is 4.79 Å². The van der Waals surface area contributed by atoms with E-state index in [4.69, 9.17) is 32.4 Å². The van der Waals surface area contributed by atoms with E-state index in [1.54, 1.807) is 42.5 Å². The molecule has 3 aromatic rings. The van der Waals surface area contributed by atoms with Crippen LogP contribution >= 0.6 is 23.2 Å². The van der Waals surface area contributed by atoms with Crippen LogP contribution in [0.4, 0.5) is 0 Å². The van der Waals surface area contributed by atoms with E-state index in [1.165, 1.54) is 25.1 Å². The van der Waals surface area contributed by atoms with Crippen molar-refractivity contribution in [1.29, 1.82) is 0 Å². The fourth-order valence-electron chi connectivity index (χ4n) is 2.44. The van der Waals surface area contributed by atoms with Crippen molar-refractivity contribution in [3.05, 3.63) is 92.0 Å². The molecule has 2 aromatic carbocycles. The van der Waals surface area contributed by atoms with Crippen molar-refractivity contribution < 1.29 is 19.1 Å². The van der Waals surface area contributed by atoms with E-state index in [1.807, 2.05) is 0 Å². The predicted molar refractivity (Wildman–Crippen MR) is 108 cm³/mol. The van der Waals surface area contributed by atoms with Crippen LogP contribution in [0.15, 0.2) is 63.8 Å². The second kappa shape index (κ2) is 8.33. The molecule has 0 saturated carbocycles. The molecule has 0 unspecified atom stereocenters. The summed E-state index contributed by atoms with van der Waals surface area (Å²) in [6, 6.07) is 13.0. The zero-order chi connectivity index (χ0) is 20.3. The zero-order valence-electron chi connectivity index (χ0n) is 14.6. The molecule has 28 heavy (non-hydrogen) atoms. The van der Waals surface area contributed by atoms with Gasteiger partial charge in [-0.15, -0.1) is 0 Å². The maximum atomic E-state index is 12.3. The van der Waals surface area contributed by atoms with Crippen molar-refractivity contribution in [1.82, 2.24) is 0 Å². The van der Waals surface area contributed by atoms with Gasteiger partial charge in [0.05, 0.1) is 10.0 Å². The van der Waals surface area contributed by atoms with E-state index in [9.17, 15) is 14.7 Å². The normalized spacial score (nSPS) is 11.0. The summed E-state index contributed by atoms with van der Waals surface area (Å²) >= 11 is 11.9. The molecule has 5 nitrogen and oxygen atoms in total. The van der Waals surface area contributed by atoms with Crippen LogP contribution in [0.2, 0.25) is 10.0 Å². The number of hydrogen-bond donors (Lipinski definition) is 1. The predicted octanol–water partition coefficient (Wildman–Crippen LogP) is 5.65. The molecule has 0 amide bonds. The Bertz CT molecular complexity index is 1130. The summed E-state index contributed by atoms with van der Waals surface area (Å²) in [5, 5.41) is 10.6. The van der Waals surface area contributed by atoms with Gasteiger partial charge in [-0.05, 0) is 42.8 Å². The third-order valence-corrected chi connectivity index (χ3v) is 4.45. The lowest BCUT2D eigenvalue weighted by atomic mass is 10.1. The Labute approximate surface area is 170 Å². The number of aryl methyl sites for hydroxylation is 1. The van der Waals surface area contributed by atoms with Crippen molar-refractivity contribution in [2.24, 2.45) is 0 Å². The van der Waals surface area contributed by atoms with Crippen molar-refractivity contribution in [3.8, 4) is 17.2 Å². The highest BCUT2D eigenvalue weighted by Gasteiger charge is 2.15. The fraction of sp³-hybridized carbons (Fsp3) is 0.0476. The van der Waals surface area contributed by atoms with E-state index in [2.05, 4.69) is 0 Å². The molecule has 0 bridgehead atoms. The van der Waals surface area contributed by atoms with E-state index in [0.29, 0.717) is 27.1 Å². The Morgan fingerprint density at radius 2 is 1.82 bits per heavy atom. The van der Waals surface area contributed by atoms with Crippen molar-refractivity contribution in [3.63, 3.8) is 0 Å². The average Bonchev–Trinajstić information content (AvgIpc) is 2.62. The number of allylic oxidation sites excluding steroid dienone is 1. The molecule has 0 spiro atoms. The number of ether oxygens (including phenoxy) is 1. The monoisotopic (exact) mass is 416 g/mol. The maximum absolute atomic E-state index is 12.3. The van der Waals surface area contributed by atoms with Crippen LogP contribution in [0.1, 0.15) is 21.7 Å². The molecule has 0 radical (unpaired) electrons. The highest BCUT2D eigenvalue weighted by molar-refractivity contribution is 6.42. The molecule has 0 aliphatic rings. The van der Waals surface area contributed by atoms with Crippen molar-refractivity contribution in [2.45, 2.75) is 6.92 Å². The number of carbonyl (C=O) groups is 1. The first-order valence-electron chi connectivity index (χ1n) is 8.12. The lowest BCUT2D eigenvalue weighted by Gasteiger charge is -2.07. The van der Waals surface area contributed by atoms with E-state index in [-0.39, 0.29) is 5.76 Å². The maximum Gasteiger partial charge on any atom is 0.351 e. The smallest absolute Gasteiger partial charge is 0.351 e. The molecular weight excluding hydrogens is 403 g/mol. The minimum Gasteiger partial charge on any atom is -0.507 e. The second-order valence-electron chi connectivity index (χ2n) is 5.85. The van der Waals surface area contributed by atoms with Gasteiger partial charge in [-0.2, -0.15) is 0 Å². The lowest BCUT2D eigenvalue weighted by Crippen LogP contribution is -2.12. The number of benzene rings is 2. The molecule has 0 atom stereocenters. The van der Waals surface area contributed by atoms with E-state index >= 15 is 0 Å². The molecule has 0 aliphatic heterocycles. The number of carbonyl (C=O) groups excluding carboxylic acids is 1. The molecule has 1 N–H and O–H groups in total. The van der Waals surface area contributed by atoms with Crippen LogP contribution in [-0.4, -0.2) is 10.9 Å². The molecule has 0 fully saturated rings. The number of hydrogen-bond acceptors (Lipinski definition) is 5. The minimum atomic E-state index is -0.885. The Hall–Kier alpha value is -3.02. The SMILES string of the molecule is Cc1cc(O)c(C(=O)C=Cc2cccc(Oc3ccc(Cl)c(Cl)c3)c2)c(=O)o1. The number of rotatable bonds is 5. The Morgan fingerprint density at radius 1 is 1.07 bits per heavy atom. The van der Waals surface area contributed by atoms with Gasteiger partial charge in [-0.1, -0.05) is 41.4 Å². The van der Waals surface area contributed by atoms with Gasteiger partial charge in [0, 0.05) is 12.1 Å². The number of aromatic hydroxyl groups is 1. The second-order valence-corrected chi connectivity index (χ2v) is 6.67. The molecule has 7 heteroatoms. The summed E-state index contributed by atoms with van der Waals surface area (Å²) in [5.41, 5.74) is -0.643. The topological polar surface area (TPSA) is 76.7 Å². The first-order chi connectivity index (χ1) is 13.3. The van der Waals surface area contributed by atoms with E-state index < -0.39 is 22.7 Å². The zero-order valence-corrected chi connectivity index (χ0v) is 16.1. The van der Waals surface area contributed by atoms with Crippen LogP contribution in [0.5, 0.6) is 17.2 Å². The largest absolute Gasteiger partial charge is 0.507 e. The van der Waals surface area contributed by atoms with Crippen molar-refractivity contribution in [2.75, 3.05) is 0 Å². The molecule has 1 heterocycles. The van der Waals surface area contributed by atoms with E-state index in [0.717, 1.165) is 0 Å². The fourth-order valence-corrected chi connectivity index (χ4v) is 2.72. The number of ketones is 1. The van der Waals surface area contributed by atoms with Gasteiger partial charge in [0.15, 0.2) is 5.78 Å². The summed E-state index contributed by atoms with van der Waals surface area (Å²) in [6.45, 7) is 1.50. The lowest BCUT2D eigenvalue weighted by molar-refractivity contribution is 0.104. The van der Waals surface area contributed by atoms with Crippen LogP contribution in [0.3, 0.4) is 0 Å². The molecule has 142 valence electrons. The first kappa shape index (κ1) is 19.7. The van der Waals surface area contributed by atoms with Crippen LogP contribution in [-0.2, 0) is 0 Å². The Kier molecular flexibility index (Phi) is 5.87. The van der Waals surface area contributed by atoms with Crippen LogP contribution in [0.25, 0.3) is 6.08 Å². The van der Waals surface area contributed by atoms with Crippen molar-refractivity contribution >= 4 is 35.1 Å². The third kappa shape index (κ3) is 4.63. The Balaban J connectivity index is 1.80. The minimum absolute atomic E-state index is 0.218. The molecule has 3 rings (SSSR count). The number of halogens is 2. The van der Waals surface area contributed by atoms with Crippen LogP contribution < -0.4 is 10.4 Å². The van der Waals surface area contributed by atoms with Gasteiger partial charge < -0.3 is 14.3 Å². The summed E-state index contributed by atoms with van der Waals surface area (Å²) in [6.07, 6.45) is 2.68. The molecule has 0 saturated heterocycles. The summed E-state index contributed by atoms with van der Waals surface area (Å²) < 4.78 is 10.6. The molecule has 0 aliphatic carbocycles. The molecule has 1 aromatic heterocycles. The molecular formula is C21H14Cl2O5. The van der Waals surface area contributed by atoms with Gasteiger partial charge in [0.1, 0.15) is 28.6 Å². The third-order valence-electron chi connectivity index (χ3n) is 3.71. The van der Waals surface area contributed by atoms with Gasteiger partial charge >= 0.3 is 5.63 Å². The standard InChI is InChI=1S/C21H14Cl2O5/c1-12-9-19(25)20(21(26)27-12)18(24)8-5-13-3-2-4-14(10-13)28-15-6-7-16(22)17(23)11-15/h2-11,25H,1H3. The average molecular weight is 417 g/mol. The summed E-state index contributed by atoms with van der Waals surface area (Å²) in [5.74, 6) is 0.164. The summed E-state index contributed by atoms with van der Waals surface area (Å²) in [7, 11) is 0. The summed E-state index contributed by atoms with van der Waals surface area (Å²) in [4.78, 5) is 24.1. The van der Waals surface area contributed by atoms with Gasteiger partial charge in [0.2, 0.25) is 0 Å². The highest BCUT2D eigenvalue weighted by Crippen LogP contribution is 2.29. The quantitative estimate of drug-likeness (QED) is 0.429. The van der Waals surface area contributed by atoms with Crippen LogP contribution in [0, 0.1) is 6.92 Å². The highest BCUT2D eigenvalue weighted by atomic mass is 35.5. The Morgan fingerprint density at radius 3 is 2.54 bits per heavy atom.